The van der Waals surface area contributed by atoms with Crippen LogP contribution < -0.4 is 5.32 Å². The van der Waals surface area contributed by atoms with Crippen LogP contribution in [0.3, 0.4) is 0 Å². The molecule has 0 radical (unpaired) electrons. The molecule has 0 saturated heterocycles. The van der Waals surface area contributed by atoms with Gasteiger partial charge in [-0.2, -0.15) is 11.3 Å². The van der Waals surface area contributed by atoms with Crippen LogP contribution in [0.2, 0.25) is 0 Å². The fourth-order valence-electron chi connectivity index (χ4n) is 1.93. The standard InChI is InChI=1S/C14H18N2S/c1-15-14(9-13-6-8-17-11-13)5-4-12-3-2-7-16-10-12/h2-3,6-8,10-11,14-15H,4-5,9H2,1H3. The van der Waals surface area contributed by atoms with Crippen molar-refractivity contribution in [1.82, 2.24) is 10.3 Å². The summed E-state index contributed by atoms with van der Waals surface area (Å²) in [6.45, 7) is 0. The lowest BCUT2D eigenvalue weighted by atomic mass is 10.0. The molecule has 0 aliphatic heterocycles. The summed E-state index contributed by atoms with van der Waals surface area (Å²) in [7, 11) is 2.04. The van der Waals surface area contributed by atoms with Crippen LogP contribution in [0.25, 0.3) is 0 Å². The number of rotatable bonds is 6. The van der Waals surface area contributed by atoms with Crippen molar-refractivity contribution in [1.29, 1.82) is 0 Å². The third-order valence-corrected chi connectivity index (χ3v) is 3.71. The fraction of sp³-hybridized carbons (Fsp3) is 0.357. The predicted molar refractivity (Wildman–Crippen MR) is 73.4 cm³/mol. The molecule has 0 spiro atoms. The highest BCUT2D eigenvalue weighted by atomic mass is 32.1. The Labute approximate surface area is 107 Å². The molecule has 0 amide bonds. The highest BCUT2D eigenvalue weighted by Crippen LogP contribution is 2.12. The van der Waals surface area contributed by atoms with Gasteiger partial charge in [-0.1, -0.05) is 6.07 Å². The fourth-order valence-corrected chi connectivity index (χ4v) is 2.61. The van der Waals surface area contributed by atoms with Gasteiger partial charge in [0.1, 0.15) is 0 Å². The van der Waals surface area contributed by atoms with Crippen molar-refractivity contribution < 1.29 is 0 Å². The molecule has 2 nitrogen and oxygen atoms in total. The predicted octanol–water partition coefficient (Wildman–Crippen LogP) is 2.91. The van der Waals surface area contributed by atoms with E-state index >= 15 is 0 Å². The largest absolute Gasteiger partial charge is 0.317 e. The third kappa shape index (κ3) is 3.95. The number of aryl methyl sites for hydroxylation is 1. The van der Waals surface area contributed by atoms with Gasteiger partial charge in [-0.05, 0) is 60.3 Å². The number of pyridine rings is 1. The van der Waals surface area contributed by atoms with E-state index in [1.807, 2.05) is 25.5 Å². The van der Waals surface area contributed by atoms with E-state index in [1.165, 1.54) is 11.1 Å². The lowest BCUT2D eigenvalue weighted by molar-refractivity contribution is 0.520. The SMILES string of the molecule is CNC(CCc1cccnc1)Cc1ccsc1. The Morgan fingerprint density at radius 1 is 1.35 bits per heavy atom. The second kappa shape index (κ2) is 6.52. The molecule has 1 unspecified atom stereocenters. The molecule has 0 aromatic carbocycles. The molecule has 0 aliphatic carbocycles. The van der Waals surface area contributed by atoms with E-state index in [2.05, 4.69) is 33.2 Å². The topological polar surface area (TPSA) is 24.9 Å². The maximum Gasteiger partial charge on any atom is 0.0299 e. The van der Waals surface area contributed by atoms with E-state index < -0.39 is 0 Å². The maximum atomic E-state index is 4.15. The minimum atomic E-state index is 0.546. The van der Waals surface area contributed by atoms with E-state index in [-0.39, 0.29) is 0 Å². The number of aromatic nitrogens is 1. The molecule has 2 aromatic heterocycles. The quantitative estimate of drug-likeness (QED) is 0.847. The summed E-state index contributed by atoms with van der Waals surface area (Å²) < 4.78 is 0. The average molecular weight is 246 g/mol. The zero-order valence-electron chi connectivity index (χ0n) is 10.1. The summed E-state index contributed by atoms with van der Waals surface area (Å²) in [5, 5.41) is 7.77. The first-order valence-corrected chi connectivity index (χ1v) is 6.90. The first kappa shape index (κ1) is 12.3. The highest BCUT2D eigenvalue weighted by molar-refractivity contribution is 7.07. The van der Waals surface area contributed by atoms with E-state index in [9.17, 15) is 0 Å². The number of likely N-dealkylation sites (N-methyl/N-ethyl adjacent to an activating group) is 1. The van der Waals surface area contributed by atoms with Gasteiger partial charge in [0.15, 0.2) is 0 Å². The summed E-state index contributed by atoms with van der Waals surface area (Å²) in [6.07, 6.45) is 7.13. The highest BCUT2D eigenvalue weighted by Gasteiger charge is 2.07. The first-order chi connectivity index (χ1) is 8.38. The zero-order valence-corrected chi connectivity index (χ0v) is 10.9. The Kier molecular flexibility index (Phi) is 4.71. The number of thiophene rings is 1. The molecule has 17 heavy (non-hydrogen) atoms. The normalized spacial score (nSPS) is 12.5. The van der Waals surface area contributed by atoms with Crippen LogP contribution >= 0.6 is 11.3 Å². The number of nitrogens with one attached hydrogen (secondary N) is 1. The molecule has 0 bridgehead atoms. The molecular formula is C14H18N2S. The van der Waals surface area contributed by atoms with Crippen LogP contribution in [0.15, 0.2) is 41.4 Å². The van der Waals surface area contributed by atoms with Gasteiger partial charge in [0.05, 0.1) is 0 Å². The summed E-state index contributed by atoms with van der Waals surface area (Å²) >= 11 is 1.77. The van der Waals surface area contributed by atoms with Gasteiger partial charge in [0.2, 0.25) is 0 Å². The monoisotopic (exact) mass is 246 g/mol. The second-order valence-electron chi connectivity index (χ2n) is 4.22. The van der Waals surface area contributed by atoms with E-state index in [4.69, 9.17) is 0 Å². The number of nitrogens with zero attached hydrogens (tertiary/aromatic N) is 1. The Morgan fingerprint density at radius 3 is 2.94 bits per heavy atom. The van der Waals surface area contributed by atoms with Gasteiger partial charge in [-0.3, -0.25) is 4.98 Å². The van der Waals surface area contributed by atoms with Crippen LogP contribution in [0.1, 0.15) is 17.5 Å². The molecule has 1 N–H and O–H groups in total. The molecule has 2 aromatic rings. The molecule has 0 aliphatic rings. The van der Waals surface area contributed by atoms with Crippen LogP contribution in [-0.2, 0) is 12.8 Å². The Hall–Kier alpha value is -1.19. The minimum absolute atomic E-state index is 0.546. The van der Waals surface area contributed by atoms with Crippen molar-refractivity contribution in [3.05, 3.63) is 52.5 Å². The first-order valence-electron chi connectivity index (χ1n) is 5.95. The van der Waals surface area contributed by atoms with Gasteiger partial charge in [-0.15, -0.1) is 0 Å². The summed E-state index contributed by atoms with van der Waals surface area (Å²) in [5.74, 6) is 0. The van der Waals surface area contributed by atoms with Crippen molar-refractivity contribution in [2.24, 2.45) is 0 Å². The van der Waals surface area contributed by atoms with E-state index in [0.717, 1.165) is 19.3 Å². The molecule has 0 saturated carbocycles. The summed E-state index contributed by atoms with van der Waals surface area (Å²) in [4.78, 5) is 4.15. The van der Waals surface area contributed by atoms with Gasteiger partial charge in [0.25, 0.3) is 0 Å². The van der Waals surface area contributed by atoms with Gasteiger partial charge in [0, 0.05) is 18.4 Å². The lowest BCUT2D eigenvalue weighted by Crippen LogP contribution is -2.27. The summed E-state index contributed by atoms with van der Waals surface area (Å²) in [6, 6.07) is 6.90. The smallest absolute Gasteiger partial charge is 0.0299 e. The Bertz CT molecular complexity index is 411. The van der Waals surface area contributed by atoms with Crippen molar-refractivity contribution in [3.63, 3.8) is 0 Å². The van der Waals surface area contributed by atoms with Crippen molar-refractivity contribution in [2.45, 2.75) is 25.3 Å². The van der Waals surface area contributed by atoms with Gasteiger partial charge < -0.3 is 5.32 Å². The molecule has 0 fully saturated rings. The lowest BCUT2D eigenvalue weighted by Gasteiger charge is -2.15. The van der Waals surface area contributed by atoms with E-state index in [1.54, 1.807) is 11.3 Å². The third-order valence-electron chi connectivity index (χ3n) is 2.97. The molecular weight excluding hydrogens is 228 g/mol. The van der Waals surface area contributed by atoms with Crippen molar-refractivity contribution >= 4 is 11.3 Å². The number of hydrogen-bond donors (Lipinski definition) is 1. The Morgan fingerprint density at radius 2 is 2.29 bits per heavy atom. The minimum Gasteiger partial charge on any atom is -0.317 e. The maximum absolute atomic E-state index is 4.15. The van der Waals surface area contributed by atoms with Crippen LogP contribution in [-0.4, -0.2) is 18.1 Å². The van der Waals surface area contributed by atoms with E-state index in [0.29, 0.717) is 6.04 Å². The van der Waals surface area contributed by atoms with Crippen molar-refractivity contribution in [2.75, 3.05) is 7.05 Å². The van der Waals surface area contributed by atoms with Gasteiger partial charge in [-0.25, -0.2) is 0 Å². The second-order valence-corrected chi connectivity index (χ2v) is 5.00. The van der Waals surface area contributed by atoms with Crippen molar-refractivity contribution in [3.8, 4) is 0 Å². The van der Waals surface area contributed by atoms with Crippen LogP contribution in [0, 0.1) is 0 Å². The summed E-state index contributed by atoms with van der Waals surface area (Å²) in [5.41, 5.74) is 2.75. The zero-order chi connectivity index (χ0) is 11.9. The molecule has 2 heterocycles. The molecule has 90 valence electrons. The molecule has 1 atom stereocenters. The van der Waals surface area contributed by atoms with Crippen LogP contribution in [0.5, 0.6) is 0 Å². The average Bonchev–Trinajstić information content (AvgIpc) is 2.88. The van der Waals surface area contributed by atoms with Gasteiger partial charge >= 0.3 is 0 Å². The Balaban J connectivity index is 1.84. The van der Waals surface area contributed by atoms with Crippen LogP contribution in [0.4, 0.5) is 0 Å². The number of hydrogen-bond acceptors (Lipinski definition) is 3. The molecule has 2 rings (SSSR count). The molecule has 3 heteroatoms.